The van der Waals surface area contributed by atoms with E-state index in [2.05, 4.69) is 54.7 Å². The Morgan fingerprint density at radius 3 is 2.88 bits per heavy atom. The molecule has 3 rings (SSSR count). The van der Waals surface area contributed by atoms with Crippen molar-refractivity contribution in [3.63, 3.8) is 0 Å². The summed E-state index contributed by atoms with van der Waals surface area (Å²) in [7, 11) is 0. The van der Waals surface area contributed by atoms with Crippen molar-refractivity contribution >= 4 is 23.1 Å². The van der Waals surface area contributed by atoms with Crippen LogP contribution in [0.1, 0.15) is 11.1 Å². The molecule has 0 bridgehead atoms. The number of hydrogen-bond acceptors (Lipinski definition) is 2. The Labute approximate surface area is 99.9 Å². The van der Waals surface area contributed by atoms with Gasteiger partial charge >= 0.3 is 0 Å². The van der Waals surface area contributed by atoms with Crippen LogP contribution in [-0.2, 0) is 5.75 Å². The lowest BCUT2D eigenvalue weighted by molar-refractivity contribution is 1.34. The second-order valence-electron chi connectivity index (χ2n) is 4.02. The number of hydrogen-bond donors (Lipinski definition) is 1. The molecular formula is C14H13NS. The first-order valence-corrected chi connectivity index (χ1v) is 6.40. The van der Waals surface area contributed by atoms with Crippen molar-refractivity contribution < 1.29 is 0 Å². The second-order valence-corrected chi connectivity index (χ2v) is 5.04. The highest BCUT2D eigenvalue weighted by Crippen LogP contribution is 2.39. The summed E-state index contributed by atoms with van der Waals surface area (Å²) in [5.41, 5.74) is 5.19. The van der Waals surface area contributed by atoms with E-state index in [9.17, 15) is 0 Å². The van der Waals surface area contributed by atoms with Gasteiger partial charge in [0, 0.05) is 16.3 Å². The molecule has 0 atom stereocenters. The monoisotopic (exact) mass is 227 g/mol. The highest BCUT2D eigenvalue weighted by Gasteiger charge is 2.13. The fourth-order valence-corrected chi connectivity index (χ4v) is 3.07. The smallest absolute Gasteiger partial charge is 0.0552 e. The molecule has 0 spiro atoms. The second kappa shape index (κ2) is 3.87. The Bertz CT molecular complexity index is 534. The van der Waals surface area contributed by atoms with Crippen molar-refractivity contribution in [1.82, 2.24) is 0 Å². The molecule has 1 heterocycles. The van der Waals surface area contributed by atoms with Crippen LogP contribution in [0.3, 0.4) is 0 Å². The third kappa shape index (κ3) is 1.59. The lowest BCUT2D eigenvalue weighted by Gasteiger charge is -2.11. The van der Waals surface area contributed by atoms with Crippen LogP contribution in [0.15, 0.2) is 47.4 Å². The summed E-state index contributed by atoms with van der Waals surface area (Å²) in [6, 6.07) is 15.0. The molecule has 80 valence electrons. The molecule has 16 heavy (non-hydrogen) atoms. The lowest BCUT2D eigenvalue weighted by atomic mass is 10.1. The van der Waals surface area contributed by atoms with Crippen molar-refractivity contribution in [3.05, 3.63) is 53.6 Å². The van der Waals surface area contributed by atoms with Crippen LogP contribution in [0.5, 0.6) is 0 Å². The van der Waals surface area contributed by atoms with Crippen molar-refractivity contribution in [1.29, 1.82) is 0 Å². The third-order valence-electron chi connectivity index (χ3n) is 2.89. The normalized spacial score (nSPS) is 13.3. The summed E-state index contributed by atoms with van der Waals surface area (Å²) in [5, 5.41) is 3.55. The zero-order valence-electron chi connectivity index (χ0n) is 9.16. The number of anilines is 2. The van der Waals surface area contributed by atoms with Crippen molar-refractivity contribution in [2.45, 2.75) is 17.6 Å². The molecule has 0 aromatic heterocycles. The molecule has 0 saturated heterocycles. The van der Waals surface area contributed by atoms with Gasteiger partial charge in [-0.25, -0.2) is 0 Å². The van der Waals surface area contributed by atoms with Gasteiger partial charge in [-0.2, -0.15) is 0 Å². The molecule has 0 radical (unpaired) electrons. The zero-order chi connectivity index (χ0) is 11.0. The molecule has 0 unspecified atom stereocenters. The Hall–Kier alpha value is -1.41. The van der Waals surface area contributed by atoms with E-state index < -0.39 is 0 Å². The van der Waals surface area contributed by atoms with Crippen LogP contribution in [-0.4, -0.2) is 0 Å². The highest BCUT2D eigenvalue weighted by molar-refractivity contribution is 7.98. The number of nitrogens with one attached hydrogen (secondary N) is 1. The molecule has 0 aliphatic carbocycles. The van der Waals surface area contributed by atoms with Gasteiger partial charge in [0.25, 0.3) is 0 Å². The van der Waals surface area contributed by atoms with Crippen LogP contribution in [0.2, 0.25) is 0 Å². The molecule has 1 N–H and O–H groups in total. The van der Waals surface area contributed by atoms with E-state index in [0.29, 0.717) is 0 Å². The maximum atomic E-state index is 3.55. The first kappa shape index (κ1) is 9.79. The summed E-state index contributed by atoms with van der Waals surface area (Å²) in [6.07, 6.45) is 0. The highest BCUT2D eigenvalue weighted by atomic mass is 32.2. The van der Waals surface area contributed by atoms with E-state index in [1.807, 2.05) is 11.8 Å². The number of fused-ring (bicyclic) bond motifs is 2. The third-order valence-corrected chi connectivity index (χ3v) is 4.00. The van der Waals surface area contributed by atoms with Gasteiger partial charge in [0.1, 0.15) is 0 Å². The first-order chi connectivity index (χ1) is 7.84. The van der Waals surface area contributed by atoms with Crippen LogP contribution < -0.4 is 5.32 Å². The average molecular weight is 227 g/mol. The molecule has 1 nitrogen and oxygen atoms in total. The molecule has 2 aromatic rings. The number of aryl methyl sites for hydroxylation is 1. The lowest BCUT2D eigenvalue weighted by Crippen LogP contribution is -1.94. The molecule has 0 saturated carbocycles. The minimum atomic E-state index is 1.04. The Balaban J connectivity index is 2.13. The average Bonchev–Trinajstić information content (AvgIpc) is 2.50. The summed E-state index contributed by atoms with van der Waals surface area (Å²) in [6.45, 7) is 2.15. The van der Waals surface area contributed by atoms with Gasteiger partial charge in [0.15, 0.2) is 0 Å². The predicted molar refractivity (Wildman–Crippen MR) is 70.5 cm³/mol. The topological polar surface area (TPSA) is 12.0 Å². The van der Waals surface area contributed by atoms with E-state index >= 15 is 0 Å². The van der Waals surface area contributed by atoms with Crippen LogP contribution in [0, 0.1) is 6.92 Å². The van der Waals surface area contributed by atoms with Crippen molar-refractivity contribution in [2.75, 3.05) is 5.32 Å². The van der Waals surface area contributed by atoms with E-state index in [1.165, 1.54) is 27.4 Å². The van der Waals surface area contributed by atoms with E-state index in [-0.39, 0.29) is 0 Å². The molecule has 1 aliphatic rings. The number of para-hydroxylation sites is 2. The number of rotatable bonds is 0. The maximum Gasteiger partial charge on any atom is 0.0552 e. The molecule has 2 aromatic carbocycles. The summed E-state index contributed by atoms with van der Waals surface area (Å²) in [5.74, 6) is 1.04. The Morgan fingerprint density at radius 1 is 1.06 bits per heavy atom. The van der Waals surface area contributed by atoms with Crippen LogP contribution in [0.25, 0.3) is 0 Å². The maximum absolute atomic E-state index is 3.55. The van der Waals surface area contributed by atoms with Crippen molar-refractivity contribution in [2.24, 2.45) is 0 Å². The number of benzene rings is 2. The van der Waals surface area contributed by atoms with Gasteiger partial charge in [0.05, 0.1) is 5.69 Å². The van der Waals surface area contributed by atoms with E-state index in [0.717, 1.165) is 5.75 Å². The van der Waals surface area contributed by atoms with E-state index in [1.54, 1.807) is 0 Å². The van der Waals surface area contributed by atoms with Crippen LogP contribution in [0.4, 0.5) is 11.4 Å². The molecule has 1 aliphatic heterocycles. The standard InChI is InChI=1S/C14H13NS/c1-10-5-4-8-13-14(10)15-12-7-3-2-6-11(12)9-16-13/h2-8,15H,9H2,1H3. The SMILES string of the molecule is Cc1cccc2c1Nc1ccccc1CS2. The Morgan fingerprint density at radius 2 is 1.94 bits per heavy atom. The van der Waals surface area contributed by atoms with Gasteiger partial charge in [-0.1, -0.05) is 30.3 Å². The predicted octanol–water partition coefficient (Wildman–Crippen LogP) is 4.34. The van der Waals surface area contributed by atoms with E-state index in [4.69, 9.17) is 0 Å². The summed E-state index contributed by atoms with van der Waals surface area (Å²) in [4.78, 5) is 1.34. The van der Waals surface area contributed by atoms with Gasteiger partial charge < -0.3 is 5.32 Å². The quantitative estimate of drug-likeness (QED) is 0.718. The zero-order valence-corrected chi connectivity index (χ0v) is 9.97. The largest absolute Gasteiger partial charge is 0.354 e. The number of thioether (sulfide) groups is 1. The van der Waals surface area contributed by atoms with Gasteiger partial charge in [0.2, 0.25) is 0 Å². The molecule has 2 heteroatoms. The Kier molecular flexibility index (Phi) is 2.37. The molecular weight excluding hydrogens is 214 g/mol. The summed E-state index contributed by atoms with van der Waals surface area (Å²) >= 11 is 1.90. The minimum absolute atomic E-state index is 1.04. The van der Waals surface area contributed by atoms with Crippen molar-refractivity contribution in [3.8, 4) is 0 Å². The first-order valence-electron chi connectivity index (χ1n) is 5.42. The summed E-state index contributed by atoms with van der Waals surface area (Å²) < 4.78 is 0. The fraction of sp³-hybridized carbons (Fsp3) is 0.143. The van der Waals surface area contributed by atoms with Gasteiger partial charge in [-0.15, -0.1) is 11.8 Å². The van der Waals surface area contributed by atoms with Crippen LogP contribution >= 0.6 is 11.8 Å². The van der Waals surface area contributed by atoms with Gasteiger partial charge in [-0.05, 0) is 30.2 Å². The molecule has 0 amide bonds. The minimum Gasteiger partial charge on any atom is -0.354 e. The molecule has 0 fully saturated rings. The van der Waals surface area contributed by atoms with Gasteiger partial charge in [-0.3, -0.25) is 0 Å². The fourth-order valence-electron chi connectivity index (χ4n) is 1.98.